The second kappa shape index (κ2) is 5.94. The maximum Gasteiger partial charge on any atom is 0.257 e. The summed E-state index contributed by atoms with van der Waals surface area (Å²) in [5.41, 5.74) is 8.12. The average Bonchev–Trinajstić information content (AvgIpc) is 2.82. The lowest BCUT2D eigenvalue weighted by Gasteiger charge is -2.31. The van der Waals surface area contributed by atoms with E-state index in [9.17, 15) is 4.79 Å². The molecule has 3 heterocycles. The first-order chi connectivity index (χ1) is 10.1. The van der Waals surface area contributed by atoms with Gasteiger partial charge in [0.25, 0.3) is 5.91 Å². The third-order valence-corrected chi connectivity index (χ3v) is 5.40. The Labute approximate surface area is 129 Å². The monoisotopic (exact) mass is 309 g/mol. The number of ether oxygens (including phenoxy) is 1. The molecule has 3 rings (SSSR count). The van der Waals surface area contributed by atoms with Crippen LogP contribution in [0.3, 0.4) is 0 Å². The molecule has 2 aliphatic rings. The number of anilines is 1. The molecular weight excluding hydrogens is 286 g/mol. The molecule has 0 spiro atoms. The first-order valence-electron chi connectivity index (χ1n) is 7.59. The third kappa shape index (κ3) is 2.80. The fourth-order valence-corrected chi connectivity index (χ4v) is 4.18. The molecule has 2 aliphatic heterocycles. The molecule has 1 fully saturated rings. The second-order valence-corrected chi connectivity index (χ2v) is 7.10. The Hall–Kier alpha value is -1.11. The van der Waals surface area contributed by atoms with Crippen LogP contribution in [0, 0.1) is 0 Å². The standard InChI is InChI=1S/C15H23N3O2S/c1-10(2)18-4-3-11-12(9-18)21-14(16)13(11)15(19)17-5-7-20-8-6-17/h10H,3-9,16H2,1-2H3. The number of nitrogen functional groups attached to an aromatic ring is 1. The summed E-state index contributed by atoms with van der Waals surface area (Å²) in [5.74, 6) is 0.0892. The van der Waals surface area contributed by atoms with Gasteiger partial charge in [-0.25, -0.2) is 0 Å². The molecule has 5 nitrogen and oxygen atoms in total. The van der Waals surface area contributed by atoms with Gasteiger partial charge in [0, 0.05) is 37.1 Å². The zero-order valence-electron chi connectivity index (χ0n) is 12.7. The molecule has 0 atom stereocenters. The topological polar surface area (TPSA) is 58.8 Å². The van der Waals surface area contributed by atoms with E-state index < -0.39 is 0 Å². The van der Waals surface area contributed by atoms with E-state index >= 15 is 0 Å². The van der Waals surface area contributed by atoms with E-state index in [1.807, 2.05) is 4.90 Å². The summed E-state index contributed by atoms with van der Waals surface area (Å²) < 4.78 is 5.32. The molecule has 6 heteroatoms. The second-order valence-electron chi connectivity index (χ2n) is 5.96. The van der Waals surface area contributed by atoms with E-state index in [0.29, 0.717) is 37.3 Å². The van der Waals surface area contributed by atoms with Gasteiger partial charge in [0.15, 0.2) is 0 Å². The van der Waals surface area contributed by atoms with E-state index in [1.54, 1.807) is 11.3 Å². The van der Waals surface area contributed by atoms with Crippen LogP contribution in [0.15, 0.2) is 0 Å². The van der Waals surface area contributed by atoms with Crippen LogP contribution in [-0.2, 0) is 17.7 Å². The van der Waals surface area contributed by atoms with Crippen LogP contribution in [0.5, 0.6) is 0 Å². The number of fused-ring (bicyclic) bond motifs is 1. The Kier molecular flexibility index (Phi) is 4.19. The van der Waals surface area contributed by atoms with Crippen LogP contribution < -0.4 is 5.73 Å². The Morgan fingerprint density at radius 2 is 2.00 bits per heavy atom. The highest BCUT2D eigenvalue weighted by Gasteiger charge is 2.30. The summed E-state index contributed by atoms with van der Waals surface area (Å²) in [5, 5.41) is 0.682. The predicted molar refractivity (Wildman–Crippen MR) is 84.7 cm³/mol. The van der Waals surface area contributed by atoms with Crippen molar-refractivity contribution in [2.45, 2.75) is 32.9 Å². The number of morpholine rings is 1. The van der Waals surface area contributed by atoms with Crippen LogP contribution in [-0.4, -0.2) is 54.6 Å². The summed E-state index contributed by atoms with van der Waals surface area (Å²) >= 11 is 1.59. The van der Waals surface area contributed by atoms with Gasteiger partial charge in [-0.15, -0.1) is 11.3 Å². The number of hydrogen-bond donors (Lipinski definition) is 1. The van der Waals surface area contributed by atoms with Crippen LogP contribution >= 0.6 is 11.3 Å². The van der Waals surface area contributed by atoms with Crippen molar-refractivity contribution in [3.63, 3.8) is 0 Å². The average molecular weight is 309 g/mol. The summed E-state index contributed by atoms with van der Waals surface area (Å²) in [7, 11) is 0. The van der Waals surface area contributed by atoms with Gasteiger partial charge in [0.1, 0.15) is 0 Å². The van der Waals surface area contributed by atoms with Gasteiger partial charge in [-0.3, -0.25) is 9.69 Å². The molecule has 1 saturated heterocycles. The highest BCUT2D eigenvalue weighted by molar-refractivity contribution is 7.16. The van der Waals surface area contributed by atoms with Gasteiger partial charge in [-0.2, -0.15) is 0 Å². The summed E-state index contributed by atoms with van der Waals surface area (Å²) in [6.07, 6.45) is 0.923. The molecule has 21 heavy (non-hydrogen) atoms. The smallest absolute Gasteiger partial charge is 0.257 e. The number of carbonyl (C=O) groups excluding carboxylic acids is 1. The van der Waals surface area contributed by atoms with Gasteiger partial charge >= 0.3 is 0 Å². The molecule has 116 valence electrons. The van der Waals surface area contributed by atoms with Crippen molar-refractivity contribution >= 4 is 22.2 Å². The maximum absolute atomic E-state index is 12.8. The zero-order valence-corrected chi connectivity index (χ0v) is 13.5. The van der Waals surface area contributed by atoms with Crippen LogP contribution in [0.4, 0.5) is 5.00 Å². The van der Waals surface area contributed by atoms with E-state index in [1.165, 1.54) is 10.4 Å². The van der Waals surface area contributed by atoms with Gasteiger partial charge < -0.3 is 15.4 Å². The lowest BCUT2D eigenvalue weighted by atomic mass is 10.0. The fraction of sp³-hybridized carbons (Fsp3) is 0.667. The van der Waals surface area contributed by atoms with Crippen molar-refractivity contribution in [3.8, 4) is 0 Å². The van der Waals surface area contributed by atoms with Gasteiger partial charge in [-0.1, -0.05) is 0 Å². The van der Waals surface area contributed by atoms with E-state index in [2.05, 4.69) is 18.7 Å². The molecule has 0 unspecified atom stereocenters. The SMILES string of the molecule is CC(C)N1CCc2c(sc(N)c2C(=O)N2CCOCC2)C1. The largest absolute Gasteiger partial charge is 0.390 e. The van der Waals surface area contributed by atoms with Crippen LogP contribution in [0.2, 0.25) is 0 Å². The zero-order chi connectivity index (χ0) is 15.0. The van der Waals surface area contributed by atoms with Crippen molar-refractivity contribution in [1.29, 1.82) is 0 Å². The maximum atomic E-state index is 12.8. The van der Waals surface area contributed by atoms with Gasteiger partial charge in [0.2, 0.25) is 0 Å². The number of carbonyl (C=O) groups is 1. The molecule has 0 aromatic carbocycles. The van der Waals surface area contributed by atoms with Crippen molar-refractivity contribution in [2.24, 2.45) is 0 Å². The summed E-state index contributed by atoms with van der Waals surface area (Å²) in [6, 6.07) is 0.528. The van der Waals surface area contributed by atoms with E-state index in [-0.39, 0.29) is 5.91 Å². The number of nitrogens with two attached hydrogens (primary N) is 1. The predicted octanol–water partition coefficient (Wildman–Crippen LogP) is 1.57. The highest BCUT2D eigenvalue weighted by Crippen LogP contribution is 2.36. The highest BCUT2D eigenvalue weighted by atomic mass is 32.1. The van der Waals surface area contributed by atoms with E-state index in [4.69, 9.17) is 10.5 Å². The lowest BCUT2D eigenvalue weighted by molar-refractivity contribution is 0.0302. The molecule has 0 bridgehead atoms. The molecule has 1 amide bonds. The van der Waals surface area contributed by atoms with Crippen LogP contribution in [0.1, 0.15) is 34.6 Å². The first-order valence-corrected chi connectivity index (χ1v) is 8.40. The molecular formula is C15H23N3O2S. The number of hydrogen-bond acceptors (Lipinski definition) is 5. The molecule has 1 aromatic heterocycles. The van der Waals surface area contributed by atoms with Crippen molar-refractivity contribution in [3.05, 3.63) is 16.0 Å². The first kappa shape index (κ1) is 14.8. The Bertz CT molecular complexity index is 535. The van der Waals surface area contributed by atoms with Gasteiger partial charge in [-0.05, 0) is 25.8 Å². The van der Waals surface area contributed by atoms with Crippen molar-refractivity contribution in [1.82, 2.24) is 9.80 Å². The number of thiophene rings is 1. The van der Waals surface area contributed by atoms with Crippen LogP contribution in [0.25, 0.3) is 0 Å². The molecule has 1 aromatic rings. The van der Waals surface area contributed by atoms with Gasteiger partial charge in [0.05, 0.1) is 23.8 Å². The molecule has 0 aliphatic carbocycles. The minimum atomic E-state index is 0.0892. The number of nitrogens with zero attached hydrogens (tertiary/aromatic N) is 2. The Balaban J connectivity index is 1.85. The summed E-state index contributed by atoms with van der Waals surface area (Å²) in [6.45, 7) is 8.92. The quantitative estimate of drug-likeness (QED) is 0.901. The number of rotatable bonds is 2. The molecule has 2 N–H and O–H groups in total. The van der Waals surface area contributed by atoms with E-state index in [0.717, 1.165) is 25.1 Å². The Morgan fingerprint density at radius 1 is 1.29 bits per heavy atom. The normalized spacial score (nSPS) is 19.9. The fourth-order valence-electron chi connectivity index (χ4n) is 3.04. The Morgan fingerprint density at radius 3 is 2.67 bits per heavy atom. The minimum Gasteiger partial charge on any atom is -0.390 e. The number of amides is 1. The van der Waals surface area contributed by atoms with Crippen molar-refractivity contribution < 1.29 is 9.53 Å². The minimum absolute atomic E-state index is 0.0892. The molecule has 0 saturated carbocycles. The third-order valence-electron chi connectivity index (χ3n) is 4.36. The molecule has 0 radical (unpaired) electrons. The lowest BCUT2D eigenvalue weighted by Crippen LogP contribution is -2.41. The van der Waals surface area contributed by atoms with Crippen molar-refractivity contribution in [2.75, 3.05) is 38.6 Å². The summed E-state index contributed by atoms with van der Waals surface area (Å²) in [4.78, 5) is 18.3.